The van der Waals surface area contributed by atoms with E-state index in [1.165, 1.54) is 6.07 Å². The second-order valence-electron chi connectivity index (χ2n) is 5.10. The second kappa shape index (κ2) is 6.45. The lowest BCUT2D eigenvalue weighted by molar-refractivity contribution is -0.385. The minimum absolute atomic E-state index is 0.0603. The highest BCUT2D eigenvalue weighted by molar-refractivity contribution is 9.10. The summed E-state index contributed by atoms with van der Waals surface area (Å²) in [6.07, 6.45) is 3.01. The Kier molecular flexibility index (Phi) is 4.88. The summed E-state index contributed by atoms with van der Waals surface area (Å²) in [6.45, 7) is 3.04. The summed E-state index contributed by atoms with van der Waals surface area (Å²) >= 11 is 3.31. The van der Waals surface area contributed by atoms with E-state index in [0.29, 0.717) is 11.0 Å². The van der Waals surface area contributed by atoms with Crippen molar-refractivity contribution in [1.82, 2.24) is 4.90 Å². The molecule has 0 amide bonds. The smallest absolute Gasteiger partial charge is 0.283 e. The maximum atomic E-state index is 11.7. The zero-order valence-corrected chi connectivity index (χ0v) is 12.9. The normalized spacial score (nSPS) is 19.8. The van der Waals surface area contributed by atoms with Gasteiger partial charge in [-0.3, -0.25) is 19.8 Å². The van der Waals surface area contributed by atoms with E-state index in [0.717, 1.165) is 31.4 Å². The zero-order valence-electron chi connectivity index (χ0n) is 11.3. The third-order valence-corrected chi connectivity index (χ3v) is 4.63. The van der Waals surface area contributed by atoms with Gasteiger partial charge in [-0.1, -0.05) is 18.6 Å². The van der Waals surface area contributed by atoms with Crippen LogP contribution in [0, 0.1) is 10.1 Å². The molecule has 0 aromatic heterocycles. The molecule has 0 bridgehead atoms. The Morgan fingerprint density at radius 1 is 1.50 bits per heavy atom. The van der Waals surface area contributed by atoms with Gasteiger partial charge in [-0.2, -0.15) is 0 Å². The van der Waals surface area contributed by atoms with Crippen LogP contribution >= 0.6 is 15.9 Å². The molecule has 0 aliphatic carbocycles. The van der Waals surface area contributed by atoms with Crippen LogP contribution in [0.3, 0.4) is 0 Å². The van der Waals surface area contributed by atoms with Crippen molar-refractivity contribution in [2.24, 2.45) is 0 Å². The minimum Gasteiger partial charge on any atom is -0.298 e. The number of nitro groups is 1. The van der Waals surface area contributed by atoms with Crippen LogP contribution in [0.25, 0.3) is 0 Å². The van der Waals surface area contributed by atoms with Gasteiger partial charge >= 0.3 is 0 Å². The summed E-state index contributed by atoms with van der Waals surface area (Å²) in [5, 5.41) is 10.9. The van der Waals surface area contributed by atoms with Crippen LogP contribution in [-0.4, -0.2) is 28.2 Å². The standard InChI is InChI=1S/C14H17BrN2O3/c1-10(18)12-6-2-3-8-16(12)9-11-5-4-7-13(14(11)15)17(19)20/h4-5,7,12H,2-3,6,8-9H2,1H3. The summed E-state index contributed by atoms with van der Waals surface area (Å²) in [5.74, 6) is 0.172. The van der Waals surface area contributed by atoms with Crippen molar-refractivity contribution < 1.29 is 9.72 Å². The van der Waals surface area contributed by atoms with Gasteiger partial charge in [0.25, 0.3) is 5.69 Å². The lowest BCUT2D eigenvalue weighted by Gasteiger charge is -2.34. The molecule has 0 spiro atoms. The first kappa shape index (κ1) is 15.1. The number of rotatable bonds is 4. The Morgan fingerprint density at radius 3 is 2.90 bits per heavy atom. The van der Waals surface area contributed by atoms with Gasteiger partial charge in [-0.05, 0) is 47.8 Å². The first-order chi connectivity index (χ1) is 9.50. The maximum absolute atomic E-state index is 11.7. The van der Waals surface area contributed by atoms with Gasteiger partial charge in [0.15, 0.2) is 0 Å². The van der Waals surface area contributed by atoms with Crippen LogP contribution in [0.1, 0.15) is 31.7 Å². The summed E-state index contributed by atoms with van der Waals surface area (Å²) in [6, 6.07) is 4.97. The molecule has 1 atom stereocenters. The molecule has 1 fully saturated rings. The van der Waals surface area contributed by atoms with Gasteiger partial charge in [0.05, 0.1) is 15.4 Å². The number of piperidine rings is 1. The van der Waals surface area contributed by atoms with Crippen LogP contribution in [0.5, 0.6) is 0 Å². The van der Waals surface area contributed by atoms with Crippen LogP contribution < -0.4 is 0 Å². The van der Waals surface area contributed by atoms with E-state index in [-0.39, 0.29) is 17.5 Å². The number of carbonyl (C=O) groups excluding carboxylic acids is 1. The lowest BCUT2D eigenvalue weighted by atomic mass is 9.98. The molecule has 5 nitrogen and oxygen atoms in total. The van der Waals surface area contributed by atoms with Crippen molar-refractivity contribution in [3.05, 3.63) is 38.3 Å². The molecular weight excluding hydrogens is 324 g/mol. The highest BCUT2D eigenvalue weighted by Gasteiger charge is 2.27. The van der Waals surface area contributed by atoms with E-state index >= 15 is 0 Å². The Balaban J connectivity index is 2.22. The summed E-state index contributed by atoms with van der Waals surface area (Å²) in [5.41, 5.74) is 0.922. The molecule has 0 saturated carbocycles. The molecule has 1 aromatic carbocycles. The van der Waals surface area contributed by atoms with E-state index < -0.39 is 4.92 Å². The predicted molar refractivity (Wildman–Crippen MR) is 79.5 cm³/mol. The molecule has 2 rings (SSSR count). The van der Waals surface area contributed by atoms with E-state index in [1.54, 1.807) is 13.0 Å². The first-order valence-corrected chi connectivity index (χ1v) is 7.46. The first-order valence-electron chi connectivity index (χ1n) is 6.67. The quantitative estimate of drug-likeness (QED) is 0.623. The van der Waals surface area contributed by atoms with Gasteiger partial charge in [-0.25, -0.2) is 0 Å². The van der Waals surface area contributed by atoms with Crippen molar-refractivity contribution in [3.8, 4) is 0 Å². The molecule has 0 N–H and O–H groups in total. The highest BCUT2D eigenvalue weighted by Crippen LogP contribution is 2.30. The number of hydrogen-bond donors (Lipinski definition) is 0. The maximum Gasteiger partial charge on any atom is 0.283 e. The van der Waals surface area contributed by atoms with Gasteiger partial charge in [0.2, 0.25) is 0 Å². The molecule has 108 valence electrons. The van der Waals surface area contributed by atoms with Gasteiger partial charge < -0.3 is 0 Å². The topological polar surface area (TPSA) is 63.5 Å². The monoisotopic (exact) mass is 340 g/mol. The number of nitrogens with zero attached hydrogens (tertiary/aromatic N) is 2. The fourth-order valence-corrected chi connectivity index (χ4v) is 3.22. The largest absolute Gasteiger partial charge is 0.298 e. The zero-order chi connectivity index (χ0) is 14.7. The number of ketones is 1. The van der Waals surface area contributed by atoms with Crippen molar-refractivity contribution in [3.63, 3.8) is 0 Å². The average Bonchev–Trinajstić information content (AvgIpc) is 2.41. The fraction of sp³-hybridized carbons (Fsp3) is 0.500. The number of benzene rings is 1. The van der Waals surface area contributed by atoms with Crippen molar-refractivity contribution in [1.29, 1.82) is 0 Å². The van der Waals surface area contributed by atoms with Crippen LogP contribution in [0.15, 0.2) is 22.7 Å². The van der Waals surface area contributed by atoms with Crippen LogP contribution in [0.4, 0.5) is 5.69 Å². The molecule has 20 heavy (non-hydrogen) atoms. The highest BCUT2D eigenvalue weighted by atomic mass is 79.9. The van der Waals surface area contributed by atoms with Crippen molar-refractivity contribution in [2.75, 3.05) is 6.54 Å². The van der Waals surface area contributed by atoms with E-state index in [2.05, 4.69) is 20.8 Å². The second-order valence-corrected chi connectivity index (χ2v) is 5.89. The van der Waals surface area contributed by atoms with Gasteiger partial charge in [-0.15, -0.1) is 0 Å². The number of hydrogen-bond acceptors (Lipinski definition) is 4. The van der Waals surface area contributed by atoms with Crippen LogP contribution in [0.2, 0.25) is 0 Å². The summed E-state index contributed by atoms with van der Waals surface area (Å²) in [4.78, 5) is 24.4. The molecule has 1 aliphatic rings. The van der Waals surface area contributed by atoms with Crippen LogP contribution in [-0.2, 0) is 11.3 Å². The Hall–Kier alpha value is -1.27. The van der Waals surface area contributed by atoms with Gasteiger partial charge in [0.1, 0.15) is 5.78 Å². The molecule has 6 heteroatoms. The van der Waals surface area contributed by atoms with Crippen molar-refractivity contribution in [2.45, 2.75) is 38.8 Å². The third-order valence-electron chi connectivity index (χ3n) is 3.71. The average molecular weight is 341 g/mol. The van der Waals surface area contributed by atoms with E-state index in [9.17, 15) is 14.9 Å². The number of halogens is 1. The Morgan fingerprint density at radius 2 is 2.25 bits per heavy atom. The molecule has 1 saturated heterocycles. The SMILES string of the molecule is CC(=O)C1CCCCN1Cc1cccc([N+](=O)[O-])c1Br. The third kappa shape index (κ3) is 3.24. The van der Waals surface area contributed by atoms with Gasteiger partial charge in [0, 0.05) is 12.6 Å². The molecular formula is C14H17BrN2O3. The molecule has 1 heterocycles. The molecule has 1 aromatic rings. The number of likely N-dealkylation sites (tertiary alicyclic amines) is 1. The summed E-state index contributed by atoms with van der Waals surface area (Å²) in [7, 11) is 0. The van der Waals surface area contributed by atoms with E-state index in [4.69, 9.17) is 0 Å². The minimum atomic E-state index is -0.397. The molecule has 1 unspecified atom stereocenters. The summed E-state index contributed by atoms with van der Waals surface area (Å²) < 4.78 is 0.512. The number of Topliss-reactive ketones (excluding diaryl/α,β-unsaturated/α-hetero) is 1. The number of nitro benzene ring substituents is 1. The lowest BCUT2D eigenvalue weighted by Crippen LogP contribution is -2.43. The van der Waals surface area contributed by atoms with Crippen molar-refractivity contribution >= 4 is 27.4 Å². The molecule has 0 radical (unpaired) electrons. The Bertz CT molecular complexity index is 533. The Labute approximate surface area is 126 Å². The van der Waals surface area contributed by atoms with E-state index in [1.807, 2.05) is 6.07 Å². The molecule has 1 aliphatic heterocycles. The fourth-order valence-electron chi connectivity index (χ4n) is 2.69. The number of carbonyl (C=O) groups is 1. The predicted octanol–water partition coefficient (Wildman–Crippen LogP) is 3.30.